The molecule has 1 aliphatic rings. The topological polar surface area (TPSA) is 20.3 Å². The van der Waals surface area contributed by atoms with Crippen molar-refractivity contribution in [2.45, 2.75) is 19.3 Å². The molecule has 1 aliphatic heterocycles. The standard InChI is InChI=1S/C12H14FNO.ClH/c13-11-6-4-10(5-7-11)12(15)14-8-2-1-3-9-14;/h4-7H,1-3,8-9H2;1H. The molecule has 2 rings (SSSR count). The second kappa shape index (κ2) is 5.85. The van der Waals surface area contributed by atoms with E-state index in [1.165, 1.54) is 18.6 Å². The van der Waals surface area contributed by atoms with E-state index in [4.69, 9.17) is 0 Å². The van der Waals surface area contributed by atoms with Gasteiger partial charge in [0.05, 0.1) is 0 Å². The van der Waals surface area contributed by atoms with Crippen molar-refractivity contribution >= 4 is 18.3 Å². The van der Waals surface area contributed by atoms with Crippen LogP contribution in [0.5, 0.6) is 0 Å². The maximum atomic E-state index is 12.7. The average Bonchev–Trinajstić information content (AvgIpc) is 2.30. The normalized spacial score (nSPS) is 15.4. The zero-order chi connectivity index (χ0) is 10.7. The van der Waals surface area contributed by atoms with Gasteiger partial charge in [0.2, 0.25) is 0 Å². The molecule has 1 amide bonds. The van der Waals surface area contributed by atoms with Gasteiger partial charge < -0.3 is 4.90 Å². The first-order valence-corrected chi connectivity index (χ1v) is 5.32. The van der Waals surface area contributed by atoms with Crippen molar-refractivity contribution in [3.05, 3.63) is 35.6 Å². The van der Waals surface area contributed by atoms with Crippen molar-refractivity contribution in [2.75, 3.05) is 13.1 Å². The Bertz CT molecular complexity index is 347. The third-order valence-electron chi connectivity index (χ3n) is 2.73. The Labute approximate surface area is 101 Å². The summed E-state index contributed by atoms with van der Waals surface area (Å²) in [6.45, 7) is 1.66. The highest BCUT2D eigenvalue weighted by Crippen LogP contribution is 2.13. The van der Waals surface area contributed by atoms with Crippen LogP contribution < -0.4 is 0 Å². The lowest BCUT2D eigenvalue weighted by Crippen LogP contribution is -2.35. The molecule has 4 heteroatoms. The largest absolute Gasteiger partial charge is 0.339 e. The SMILES string of the molecule is Cl.O=C(c1ccc(F)cc1)N1CCCCC1. The zero-order valence-electron chi connectivity index (χ0n) is 8.99. The minimum Gasteiger partial charge on any atom is -0.339 e. The fourth-order valence-corrected chi connectivity index (χ4v) is 1.87. The maximum absolute atomic E-state index is 12.7. The van der Waals surface area contributed by atoms with Crippen molar-refractivity contribution in [1.29, 1.82) is 0 Å². The van der Waals surface area contributed by atoms with Crippen molar-refractivity contribution in [3.8, 4) is 0 Å². The lowest BCUT2D eigenvalue weighted by atomic mass is 10.1. The van der Waals surface area contributed by atoms with E-state index in [9.17, 15) is 9.18 Å². The highest BCUT2D eigenvalue weighted by Gasteiger charge is 2.17. The smallest absolute Gasteiger partial charge is 0.253 e. The average molecular weight is 244 g/mol. The molecule has 1 aromatic carbocycles. The summed E-state index contributed by atoms with van der Waals surface area (Å²) in [5.41, 5.74) is 0.582. The lowest BCUT2D eigenvalue weighted by molar-refractivity contribution is 0.0724. The second-order valence-electron chi connectivity index (χ2n) is 3.86. The van der Waals surface area contributed by atoms with Crippen molar-refractivity contribution in [2.24, 2.45) is 0 Å². The molecule has 1 aromatic rings. The first-order chi connectivity index (χ1) is 7.27. The number of hydrogen-bond acceptors (Lipinski definition) is 1. The summed E-state index contributed by atoms with van der Waals surface area (Å²) in [6.07, 6.45) is 3.35. The number of halogens is 2. The van der Waals surface area contributed by atoms with Gasteiger partial charge in [0.15, 0.2) is 0 Å². The summed E-state index contributed by atoms with van der Waals surface area (Å²) < 4.78 is 12.7. The summed E-state index contributed by atoms with van der Waals surface area (Å²) in [6, 6.07) is 5.76. The molecule has 0 atom stereocenters. The van der Waals surface area contributed by atoms with E-state index in [1.807, 2.05) is 4.90 Å². The molecule has 0 aliphatic carbocycles. The number of carbonyl (C=O) groups excluding carboxylic acids is 1. The van der Waals surface area contributed by atoms with Crippen molar-refractivity contribution in [1.82, 2.24) is 4.90 Å². The molecule has 0 N–H and O–H groups in total. The van der Waals surface area contributed by atoms with Crippen LogP contribution in [0.2, 0.25) is 0 Å². The van der Waals surface area contributed by atoms with E-state index in [2.05, 4.69) is 0 Å². The number of likely N-dealkylation sites (tertiary alicyclic amines) is 1. The third-order valence-corrected chi connectivity index (χ3v) is 2.73. The molecule has 0 radical (unpaired) electrons. The second-order valence-corrected chi connectivity index (χ2v) is 3.86. The molecule has 0 unspecified atom stereocenters. The van der Waals surface area contributed by atoms with Gasteiger partial charge in [-0.15, -0.1) is 12.4 Å². The quantitative estimate of drug-likeness (QED) is 0.743. The number of rotatable bonds is 1. The fraction of sp³-hybridized carbons (Fsp3) is 0.417. The van der Waals surface area contributed by atoms with E-state index in [0.717, 1.165) is 25.9 Å². The number of amides is 1. The van der Waals surface area contributed by atoms with Crippen molar-refractivity contribution < 1.29 is 9.18 Å². The summed E-state index contributed by atoms with van der Waals surface area (Å²) in [4.78, 5) is 13.8. The van der Waals surface area contributed by atoms with Crippen LogP contribution >= 0.6 is 12.4 Å². The highest BCUT2D eigenvalue weighted by molar-refractivity contribution is 5.94. The fourth-order valence-electron chi connectivity index (χ4n) is 1.87. The Morgan fingerprint density at radius 2 is 1.62 bits per heavy atom. The molecule has 0 spiro atoms. The molecule has 0 saturated carbocycles. The Morgan fingerprint density at radius 1 is 1.06 bits per heavy atom. The van der Waals surface area contributed by atoms with Crippen LogP contribution in [0.1, 0.15) is 29.6 Å². The van der Waals surface area contributed by atoms with Gasteiger partial charge in [0.1, 0.15) is 5.82 Å². The Morgan fingerprint density at radius 3 is 2.19 bits per heavy atom. The summed E-state index contributed by atoms with van der Waals surface area (Å²) >= 11 is 0. The number of carbonyl (C=O) groups is 1. The minimum atomic E-state index is -0.301. The van der Waals surface area contributed by atoms with Gasteiger partial charge in [-0.05, 0) is 43.5 Å². The number of benzene rings is 1. The predicted octanol–water partition coefficient (Wildman–Crippen LogP) is 2.87. The van der Waals surface area contributed by atoms with Crippen LogP contribution in [0.25, 0.3) is 0 Å². The summed E-state index contributed by atoms with van der Waals surface area (Å²) in [5, 5.41) is 0. The molecule has 1 heterocycles. The molecular weight excluding hydrogens is 229 g/mol. The van der Waals surface area contributed by atoms with Gasteiger partial charge in [-0.1, -0.05) is 0 Å². The third kappa shape index (κ3) is 2.95. The number of hydrogen-bond donors (Lipinski definition) is 0. The Balaban J connectivity index is 0.00000128. The minimum absolute atomic E-state index is 0. The number of piperidine rings is 1. The molecule has 1 saturated heterocycles. The molecule has 88 valence electrons. The van der Waals surface area contributed by atoms with E-state index >= 15 is 0 Å². The zero-order valence-corrected chi connectivity index (χ0v) is 9.80. The predicted molar refractivity (Wildman–Crippen MR) is 63.4 cm³/mol. The molecule has 1 fully saturated rings. The first-order valence-electron chi connectivity index (χ1n) is 5.32. The van der Waals surface area contributed by atoms with Gasteiger partial charge in [-0.2, -0.15) is 0 Å². The van der Waals surface area contributed by atoms with Crippen LogP contribution in [0.15, 0.2) is 24.3 Å². The Kier molecular flexibility index (Phi) is 4.74. The van der Waals surface area contributed by atoms with E-state index in [0.29, 0.717) is 5.56 Å². The summed E-state index contributed by atoms with van der Waals surface area (Å²) in [7, 11) is 0. The van der Waals surface area contributed by atoms with Gasteiger partial charge in [0, 0.05) is 18.7 Å². The van der Waals surface area contributed by atoms with Crippen molar-refractivity contribution in [3.63, 3.8) is 0 Å². The van der Waals surface area contributed by atoms with E-state index in [1.54, 1.807) is 12.1 Å². The van der Waals surface area contributed by atoms with Crippen LogP contribution in [-0.2, 0) is 0 Å². The van der Waals surface area contributed by atoms with Gasteiger partial charge in [0.25, 0.3) is 5.91 Å². The lowest BCUT2D eigenvalue weighted by Gasteiger charge is -2.26. The summed E-state index contributed by atoms with van der Waals surface area (Å²) in [5.74, 6) is -0.278. The molecule has 2 nitrogen and oxygen atoms in total. The van der Waals surface area contributed by atoms with Crippen LogP contribution in [0, 0.1) is 5.82 Å². The van der Waals surface area contributed by atoms with Gasteiger partial charge in [-0.25, -0.2) is 4.39 Å². The molecule has 0 bridgehead atoms. The molecule has 16 heavy (non-hydrogen) atoms. The van der Waals surface area contributed by atoms with Crippen LogP contribution in [0.3, 0.4) is 0 Å². The molecule has 0 aromatic heterocycles. The van der Waals surface area contributed by atoms with E-state index < -0.39 is 0 Å². The van der Waals surface area contributed by atoms with Gasteiger partial charge in [-0.3, -0.25) is 4.79 Å². The van der Waals surface area contributed by atoms with E-state index in [-0.39, 0.29) is 24.1 Å². The Hall–Kier alpha value is -1.09. The maximum Gasteiger partial charge on any atom is 0.253 e. The molecular formula is C12H15ClFNO. The number of nitrogens with zero attached hydrogens (tertiary/aromatic N) is 1. The van der Waals surface area contributed by atoms with Crippen LogP contribution in [0.4, 0.5) is 4.39 Å². The van der Waals surface area contributed by atoms with Gasteiger partial charge >= 0.3 is 0 Å². The van der Waals surface area contributed by atoms with Crippen LogP contribution in [-0.4, -0.2) is 23.9 Å². The first kappa shape index (κ1) is 13.0. The highest BCUT2D eigenvalue weighted by atomic mass is 35.5. The monoisotopic (exact) mass is 243 g/mol.